The molecule has 3 aromatic rings. The minimum atomic E-state index is -1.11. The van der Waals surface area contributed by atoms with Crippen LogP contribution in [0.25, 0.3) is 0 Å². The molecule has 0 N–H and O–H groups in total. The number of halogens is 3. The molecule has 0 aromatic heterocycles. The maximum Gasteiger partial charge on any atom is 4.00 e. The van der Waals surface area contributed by atoms with Crippen LogP contribution >= 0.6 is 0 Å². The smallest absolute Gasteiger partial charge is 1.00 e. The van der Waals surface area contributed by atoms with Crippen LogP contribution in [0, 0.1) is 33.8 Å². The quantitative estimate of drug-likeness (QED) is 0.181. The summed E-state index contributed by atoms with van der Waals surface area (Å²) < 4.78 is 0. The molecular weight excluding hydrogens is 507 g/mol. The van der Waals surface area contributed by atoms with Crippen LogP contribution in [-0.4, -0.2) is 8.80 Å². The fraction of sp³-hybridized carbons (Fsp3) is 0.259. The Balaban J connectivity index is 0.00000240. The van der Waals surface area contributed by atoms with Crippen LogP contribution in [0.15, 0.2) is 60.2 Å². The van der Waals surface area contributed by atoms with Crippen molar-refractivity contribution in [3.63, 3.8) is 0 Å². The van der Waals surface area contributed by atoms with Crippen molar-refractivity contribution in [1.82, 2.24) is 0 Å². The largest absolute Gasteiger partial charge is 4.00 e. The SMILES string of the molecule is CC1=[C-]c2c(cccc2[Si](c2cc(C)cc(C)c2)c2cc(C)cc(C)c2)C1C.[Cl-].[Cl-].[Cl-].[Ti+4]. The van der Waals surface area contributed by atoms with E-state index in [0.717, 1.165) is 0 Å². The average Bonchev–Trinajstić information content (AvgIpc) is 2.89. The van der Waals surface area contributed by atoms with Crippen LogP contribution < -0.4 is 52.8 Å². The molecule has 0 saturated carbocycles. The van der Waals surface area contributed by atoms with Gasteiger partial charge in [-0.3, -0.25) is 0 Å². The molecule has 1 unspecified atom stereocenters. The van der Waals surface area contributed by atoms with Gasteiger partial charge >= 0.3 is 21.7 Å². The Labute approximate surface area is 229 Å². The summed E-state index contributed by atoms with van der Waals surface area (Å²) in [5.74, 6) is 0.469. The van der Waals surface area contributed by atoms with Crippen LogP contribution in [0.4, 0.5) is 0 Å². The first-order valence-corrected chi connectivity index (χ1v) is 11.6. The van der Waals surface area contributed by atoms with Gasteiger partial charge in [-0.05, 0) is 27.7 Å². The molecule has 0 bridgehead atoms. The number of aryl methyl sites for hydroxylation is 4. The molecule has 4 rings (SSSR count). The molecule has 0 aliphatic heterocycles. The molecule has 1 atom stereocenters. The van der Waals surface area contributed by atoms with E-state index >= 15 is 0 Å². The summed E-state index contributed by atoms with van der Waals surface area (Å²) in [7, 11) is -1.11. The predicted molar refractivity (Wildman–Crippen MR) is 123 cm³/mol. The van der Waals surface area contributed by atoms with Gasteiger partial charge in [0, 0.05) is 0 Å². The van der Waals surface area contributed by atoms with E-state index in [0.29, 0.717) is 5.92 Å². The normalized spacial score (nSPS) is 13.7. The second-order valence-corrected chi connectivity index (χ2v) is 10.9. The van der Waals surface area contributed by atoms with Gasteiger partial charge < -0.3 is 37.2 Å². The summed E-state index contributed by atoms with van der Waals surface area (Å²) in [5.41, 5.74) is 9.52. The zero-order valence-electron chi connectivity index (χ0n) is 19.4. The molecule has 0 heterocycles. The van der Waals surface area contributed by atoms with Crippen LogP contribution in [0.5, 0.6) is 0 Å². The van der Waals surface area contributed by atoms with Gasteiger partial charge in [-0.1, -0.05) is 94.9 Å². The monoisotopic (exact) mass is 533 g/mol. The van der Waals surface area contributed by atoms with Gasteiger partial charge in [-0.15, -0.1) is 28.5 Å². The Morgan fingerprint density at radius 2 is 1.12 bits per heavy atom. The second kappa shape index (κ2) is 12.6. The number of allylic oxidation sites excluding steroid dienone is 1. The first-order valence-electron chi connectivity index (χ1n) is 10.1. The molecule has 1 aliphatic carbocycles. The Bertz CT molecular complexity index is 1020. The maximum absolute atomic E-state index is 3.74. The summed E-state index contributed by atoms with van der Waals surface area (Å²) >= 11 is 0. The molecule has 1 aliphatic rings. The molecule has 0 saturated heterocycles. The third-order valence-corrected chi connectivity index (χ3v) is 8.51. The van der Waals surface area contributed by atoms with Crippen LogP contribution in [0.1, 0.15) is 53.1 Å². The Kier molecular flexibility index (Phi) is 12.3. The molecule has 0 spiro atoms. The van der Waals surface area contributed by atoms with Crippen molar-refractivity contribution in [3.8, 4) is 0 Å². The second-order valence-electron chi connectivity index (χ2n) is 8.43. The molecule has 165 valence electrons. The topological polar surface area (TPSA) is 0 Å². The summed E-state index contributed by atoms with van der Waals surface area (Å²) in [6.45, 7) is 13.4. The number of hydrogen-bond donors (Lipinski definition) is 0. The molecule has 5 heteroatoms. The molecule has 1 radical (unpaired) electrons. The Morgan fingerprint density at radius 1 is 0.688 bits per heavy atom. The first kappa shape index (κ1) is 31.2. The Hall–Kier alpha value is -0.799. The van der Waals surface area contributed by atoms with Gasteiger partial charge in [0.1, 0.15) is 0 Å². The van der Waals surface area contributed by atoms with Crippen molar-refractivity contribution < 1.29 is 58.9 Å². The van der Waals surface area contributed by atoms with Crippen molar-refractivity contribution in [2.75, 3.05) is 0 Å². The molecule has 0 amide bonds. The maximum atomic E-state index is 3.74. The van der Waals surface area contributed by atoms with E-state index in [1.807, 2.05) is 0 Å². The number of fused-ring (bicyclic) bond motifs is 1. The number of benzene rings is 3. The van der Waals surface area contributed by atoms with Gasteiger partial charge in [-0.2, -0.15) is 11.6 Å². The number of hydrogen-bond acceptors (Lipinski definition) is 0. The number of rotatable bonds is 3. The molecule has 32 heavy (non-hydrogen) atoms. The van der Waals surface area contributed by atoms with E-state index in [-0.39, 0.29) is 58.9 Å². The van der Waals surface area contributed by atoms with Crippen LogP contribution in [-0.2, 0) is 21.7 Å². The summed E-state index contributed by atoms with van der Waals surface area (Å²) in [4.78, 5) is 0. The van der Waals surface area contributed by atoms with E-state index in [1.54, 1.807) is 0 Å². The fourth-order valence-electron chi connectivity index (χ4n) is 4.53. The van der Waals surface area contributed by atoms with Crippen molar-refractivity contribution in [2.24, 2.45) is 0 Å². The average molecular weight is 535 g/mol. The van der Waals surface area contributed by atoms with Crippen molar-refractivity contribution in [1.29, 1.82) is 0 Å². The van der Waals surface area contributed by atoms with E-state index < -0.39 is 8.80 Å². The van der Waals surface area contributed by atoms with Gasteiger partial charge in [0.2, 0.25) is 0 Å². The molecular formula is C27H28Cl3SiTi. The molecule has 3 aromatic carbocycles. The predicted octanol–water partition coefficient (Wildman–Crippen LogP) is -4.34. The van der Waals surface area contributed by atoms with E-state index in [1.165, 1.54) is 54.5 Å². The van der Waals surface area contributed by atoms with Crippen LogP contribution in [0.3, 0.4) is 0 Å². The standard InChI is InChI=1S/C27H28Si.3ClH.Ti/c1-17-10-18(2)13-23(12-17)28(24-14-19(3)11-20(4)15-24)27-9-7-8-25-22(6)21(5)16-26(25)27;;;;/h7-15,22H,1-6H3;3*1H;/q-1;;;;+4/p-3. The van der Waals surface area contributed by atoms with Crippen molar-refractivity contribution in [3.05, 3.63) is 99.6 Å². The zero-order chi connectivity index (χ0) is 20.0. The van der Waals surface area contributed by atoms with Gasteiger partial charge in [0.15, 0.2) is 0 Å². The summed E-state index contributed by atoms with van der Waals surface area (Å²) in [6.07, 6.45) is 3.74. The van der Waals surface area contributed by atoms with E-state index in [9.17, 15) is 0 Å². The van der Waals surface area contributed by atoms with Crippen molar-refractivity contribution in [2.45, 2.75) is 47.5 Å². The summed E-state index contributed by atoms with van der Waals surface area (Å²) in [5, 5.41) is 4.42. The van der Waals surface area contributed by atoms with E-state index in [2.05, 4.69) is 102 Å². The van der Waals surface area contributed by atoms with Crippen molar-refractivity contribution >= 4 is 24.4 Å². The third-order valence-electron chi connectivity index (χ3n) is 5.82. The van der Waals surface area contributed by atoms with E-state index in [4.69, 9.17) is 0 Å². The minimum absolute atomic E-state index is 0. The first-order chi connectivity index (χ1) is 13.3. The molecule has 0 fully saturated rings. The zero-order valence-corrected chi connectivity index (χ0v) is 24.2. The van der Waals surface area contributed by atoms with Gasteiger partial charge in [0.05, 0.1) is 8.80 Å². The summed E-state index contributed by atoms with van der Waals surface area (Å²) in [6, 6.07) is 21.0. The fourth-order valence-corrected chi connectivity index (χ4v) is 7.70. The minimum Gasteiger partial charge on any atom is -1.00 e. The molecule has 0 nitrogen and oxygen atoms in total. The van der Waals surface area contributed by atoms with Gasteiger partial charge in [0.25, 0.3) is 0 Å². The third kappa shape index (κ3) is 6.20. The Morgan fingerprint density at radius 3 is 1.56 bits per heavy atom. The van der Waals surface area contributed by atoms with Crippen LogP contribution in [0.2, 0.25) is 0 Å². The van der Waals surface area contributed by atoms with Gasteiger partial charge in [-0.25, -0.2) is 0 Å².